The summed E-state index contributed by atoms with van der Waals surface area (Å²) in [6, 6.07) is 11.9. The van der Waals surface area contributed by atoms with Gasteiger partial charge in [0.15, 0.2) is 5.65 Å². The van der Waals surface area contributed by atoms with Crippen LogP contribution in [0.3, 0.4) is 0 Å². The molecule has 0 N–H and O–H groups in total. The van der Waals surface area contributed by atoms with E-state index >= 15 is 0 Å². The number of fused-ring (bicyclic) bond motifs is 1. The van der Waals surface area contributed by atoms with Crippen molar-refractivity contribution in [1.29, 1.82) is 0 Å². The molecule has 0 atom stereocenters. The van der Waals surface area contributed by atoms with Crippen LogP contribution in [-0.4, -0.2) is 14.6 Å². The molecule has 19 heavy (non-hydrogen) atoms. The second kappa shape index (κ2) is 5.31. The van der Waals surface area contributed by atoms with Crippen LogP contribution in [0.5, 0.6) is 0 Å². The van der Waals surface area contributed by atoms with E-state index < -0.39 is 0 Å². The number of benzene rings is 1. The second-order valence-corrected chi connectivity index (χ2v) is 5.55. The smallest absolute Gasteiger partial charge is 0.154 e. The third-order valence-electron chi connectivity index (χ3n) is 2.93. The summed E-state index contributed by atoms with van der Waals surface area (Å²) in [6.07, 6.45) is 3.55. The molecule has 5 heteroatoms. The van der Waals surface area contributed by atoms with Gasteiger partial charge in [-0.25, -0.2) is 9.50 Å². The Kier molecular flexibility index (Phi) is 3.53. The monoisotopic (exact) mass is 335 g/mol. The highest BCUT2D eigenvalue weighted by Gasteiger charge is 2.03. The van der Waals surface area contributed by atoms with E-state index in [-0.39, 0.29) is 0 Å². The summed E-state index contributed by atoms with van der Waals surface area (Å²) in [4.78, 5) is 4.23. The first-order chi connectivity index (χ1) is 9.22. The summed E-state index contributed by atoms with van der Waals surface area (Å²) in [7, 11) is 0. The summed E-state index contributed by atoms with van der Waals surface area (Å²) >= 11 is 9.40. The number of imidazole rings is 1. The molecule has 0 spiro atoms. The fourth-order valence-electron chi connectivity index (χ4n) is 1.98. The van der Waals surface area contributed by atoms with Gasteiger partial charge in [0.25, 0.3) is 0 Å². The highest BCUT2D eigenvalue weighted by atomic mass is 79.9. The molecule has 0 saturated carbocycles. The van der Waals surface area contributed by atoms with Gasteiger partial charge in [-0.15, -0.1) is 0 Å². The van der Waals surface area contributed by atoms with Gasteiger partial charge in [-0.05, 0) is 58.6 Å². The molecule has 3 rings (SSSR count). The Balaban J connectivity index is 1.79. The fourth-order valence-corrected chi connectivity index (χ4v) is 2.56. The maximum Gasteiger partial charge on any atom is 0.154 e. The number of nitrogens with zero attached hydrogens (tertiary/aromatic N) is 3. The van der Waals surface area contributed by atoms with Crippen LogP contribution in [0.15, 0.2) is 47.2 Å². The molecule has 2 aromatic heterocycles. The lowest BCUT2D eigenvalue weighted by Gasteiger charge is -2.03. The van der Waals surface area contributed by atoms with Crippen molar-refractivity contribution in [1.82, 2.24) is 14.6 Å². The Morgan fingerprint density at radius 3 is 2.89 bits per heavy atom. The molecule has 0 aliphatic rings. The van der Waals surface area contributed by atoms with Crippen molar-refractivity contribution < 1.29 is 0 Å². The highest BCUT2D eigenvalue weighted by Crippen LogP contribution is 2.14. The topological polar surface area (TPSA) is 30.2 Å². The molecular weight excluding hydrogens is 326 g/mol. The average molecular weight is 337 g/mol. The average Bonchev–Trinajstić information content (AvgIpc) is 2.78. The van der Waals surface area contributed by atoms with Gasteiger partial charge >= 0.3 is 0 Å². The van der Waals surface area contributed by atoms with E-state index in [0.717, 1.165) is 33.8 Å². The SMILES string of the molecule is Clc1cccc(CCc2ccc3ncc(Br)n3n2)c1. The minimum absolute atomic E-state index is 0.776. The van der Waals surface area contributed by atoms with E-state index in [2.05, 4.69) is 32.1 Å². The van der Waals surface area contributed by atoms with Gasteiger partial charge in [0, 0.05) is 5.02 Å². The zero-order valence-corrected chi connectivity index (χ0v) is 12.4. The molecule has 0 aliphatic heterocycles. The van der Waals surface area contributed by atoms with Crippen molar-refractivity contribution >= 4 is 33.2 Å². The summed E-state index contributed by atoms with van der Waals surface area (Å²) < 4.78 is 2.67. The Hall–Kier alpha value is -1.39. The lowest BCUT2D eigenvalue weighted by Crippen LogP contribution is -2.00. The van der Waals surface area contributed by atoms with Crippen LogP contribution in [0.4, 0.5) is 0 Å². The molecule has 0 fully saturated rings. The van der Waals surface area contributed by atoms with Gasteiger partial charge in [-0.1, -0.05) is 23.7 Å². The van der Waals surface area contributed by atoms with Crippen molar-refractivity contribution in [3.8, 4) is 0 Å². The predicted molar refractivity (Wildman–Crippen MR) is 79.5 cm³/mol. The zero-order chi connectivity index (χ0) is 13.2. The van der Waals surface area contributed by atoms with Crippen molar-refractivity contribution in [2.24, 2.45) is 0 Å². The molecule has 3 aromatic rings. The summed E-state index contributed by atoms with van der Waals surface area (Å²) in [6.45, 7) is 0. The van der Waals surface area contributed by atoms with E-state index in [9.17, 15) is 0 Å². The molecule has 1 aromatic carbocycles. The first-order valence-electron chi connectivity index (χ1n) is 5.96. The molecule has 0 aliphatic carbocycles. The van der Waals surface area contributed by atoms with Gasteiger partial charge in [0.05, 0.1) is 11.9 Å². The van der Waals surface area contributed by atoms with Gasteiger partial charge in [0.2, 0.25) is 0 Å². The van der Waals surface area contributed by atoms with Gasteiger partial charge in [-0.2, -0.15) is 5.10 Å². The lowest BCUT2D eigenvalue weighted by atomic mass is 10.1. The molecular formula is C14H11BrClN3. The second-order valence-electron chi connectivity index (χ2n) is 4.31. The quantitative estimate of drug-likeness (QED) is 0.725. The maximum absolute atomic E-state index is 5.98. The number of aryl methyl sites for hydroxylation is 2. The zero-order valence-electron chi connectivity index (χ0n) is 10.1. The lowest BCUT2D eigenvalue weighted by molar-refractivity contribution is 0.815. The van der Waals surface area contributed by atoms with Crippen LogP contribution >= 0.6 is 27.5 Å². The minimum Gasteiger partial charge on any atom is -0.234 e. The minimum atomic E-state index is 0.776. The molecule has 3 nitrogen and oxygen atoms in total. The molecule has 0 bridgehead atoms. The summed E-state index contributed by atoms with van der Waals surface area (Å²) in [5, 5.41) is 5.32. The summed E-state index contributed by atoms with van der Waals surface area (Å²) in [5.74, 6) is 0. The standard InChI is InChI=1S/C14H11BrClN3/c15-13-9-17-14-7-6-12(18-19(13)14)5-4-10-2-1-3-11(16)8-10/h1-3,6-9H,4-5H2. The first-order valence-corrected chi connectivity index (χ1v) is 7.13. The number of halogens is 2. The molecule has 0 saturated heterocycles. The maximum atomic E-state index is 5.98. The van der Waals surface area contributed by atoms with Crippen LogP contribution in [0, 0.1) is 0 Å². The molecule has 96 valence electrons. The van der Waals surface area contributed by atoms with Crippen LogP contribution in [-0.2, 0) is 12.8 Å². The number of aromatic nitrogens is 3. The van der Waals surface area contributed by atoms with Crippen molar-refractivity contribution in [3.05, 3.63) is 63.5 Å². The largest absolute Gasteiger partial charge is 0.234 e. The van der Waals surface area contributed by atoms with Crippen LogP contribution < -0.4 is 0 Å². The van der Waals surface area contributed by atoms with Crippen molar-refractivity contribution in [3.63, 3.8) is 0 Å². The third kappa shape index (κ3) is 2.80. The van der Waals surface area contributed by atoms with E-state index in [1.165, 1.54) is 5.56 Å². The van der Waals surface area contributed by atoms with E-state index in [0.29, 0.717) is 0 Å². The van der Waals surface area contributed by atoms with E-state index in [1.807, 2.05) is 30.3 Å². The number of rotatable bonds is 3. The summed E-state index contributed by atoms with van der Waals surface area (Å²) in [5.41, 5.74) is 3.10. The first kappa shape index (κ1) is 12.6. The third-order valence-corrected chi connectivity index (χ3v) is 3.71. The predicted octanol–water partition coefficient (Wildman–Crippen LogP) is 3.93. The number of hydrogen-bond acceptors (Lipinski definition) is 2. The molecule has 0 unspecified atom stereocenters. The Labute approximate surface area is 124 Å². The van der Waals surface area contributed by atoms with Crippen LogP contribution in [0.25, 0.3) is 5.65 Å². The molecule has 0 radical (unpaired) electrons. The molecule has 0 amide bonds. The van der Waals surface area contributed by atoms with Crippen LogP contribution in [0.1, 0.15) is 11.3 Å². The van der Waals surface area contributed by atoms with Gasteiger partial charge in [0.1, 0.15) is 4.60 Å². The Bertz CT molecular complexity index is 724. The van der Waals surface area contributed by atoms with Crippen LogP contribution in [0.2, 0.25) is 5.02 Å². The van der Waals surface area contributed by atoms with Gasteiger partial charge in [-0.3, -0.25) is 0 Å². The normalized spacial score (nSPS) is 11.1. The number of hydrogen-bond donors (Lipinski definition) is 0. The van der Waals surface area contributed by atoms with Gasteiger partial charge < -0.3 is 0 Å². The highest BCUT2D eigenvalue weighted by molar-refractivity contribution is 9.10. The fraction of sp³-hybridized carbons (Fsp3) is 0.143. The Morgan fingerprint density at radius 1 is 1.16 bits per heavy atom. The van der Waals surface area contributed by atoms with Crippen molar-refractivity contribution in [2.75, 3.05) is 0 Å². The molecule has 2 heterocycles. The van der Waals surface area contributed by atoms with E-state index in [4.69, 9.17) is 11.6 Å². The van der Waals surface area contributed by atoms with E-state index in [1.54, 1.807) is 10.7 Å². The Morgan fingerprint density at radius 2 is 2.05 bits per heavy atom. The van der Waals surface area contributed by atoms with Crippen molar-refractivity contribution in [2.45, 2.75) is 12.8 Å².